The predicted octanol–water partition coefficient (Wildman–Crippen LogP) is 1.11. The molecule has 0 atom stereocenters. The van der Waals surface area contributed by atoms with Crippen molar-refractivity contribution in [2.24, 2.45) is 14.1 Å². The van der Waals surface area contributed by atoms with E-state index in [9.17, 15) is 5.11 Å². The molecule has 0 bridgehead atoms. The van der Waals surface area contributed by atoms with Crippen LogP contribution < -0.4 is 0 Å². The van der Waals surface area contributed by atoms with Crippen LogP contribution in [0.5, 0.6) is 0 Å². The summed E-state index contributed by atoms with van der Waals surface area (Å²) in [7, 11) is 3.81. The minimum absolute atomic E-state index is 0.00638. The summed E-state index contributed by atoms with van der Waals surface area (Å²) >= 11 is 1.51. The minimum atomic E-state index is 0.00638. The van der Waals surface area contributed by atoms with Gasteiger partial charge in [0.25, 0.3) is 0 Å². The molecule has 16 heavy (non-hydrogen) atoms. The normalized spacial score (nSPS) is 11.0. The maximum Gasteiger partial charge on any atom is 0.174 e. The van der Waals surface area contributed by atoms with Gasteiger partial charge >= 0.3 is 0 Å². The third kappa shape index (κ3) is 1.85. The lowest BCUT2D eigenvalue weighted by Crippen LogP contribution is -1.96. The minimum Gasteiger partial charge on any atom is -0.392 e. The number of nitrogens with zero attached hydrogens (tertiary/aromatic N) is 4. The average molecular weight is 238 g/mol. The van der Waals surface area contributed by atoms with E-state index in [2.05, 4.69) is 10.1 Å². The van der Waals surface area contributed by atoms with Crippen LogP contribution in [-0.4, -0.2) is 24.4 Å². The van der Waals surface area contributed by atoms with Crippen molar-refractivity contribution in [3.63, 3.8) is 0 Å². The number of rotatable bonds is 3. The Morgan fingerprint density at radius 3 is 2.75 bits per heavy atom. The van der Waals surface area contributed by atoms with E-state index < -0.39 is 0 Å². The van der Waals surface area contributed by atoms with Gasteiger partial charge in [0.05, 0.1) is 12.3 Å². The summed E-state index contributed by atoms with van der Waals surface area (Å²) in [6, 6.07) is 0. The van der Waals surface area contributed by atoms with Gasteiger partial charge in [0.15, 0.2) is 5.16 Å². The predicted molar refractivity (Wildman–Crippen MR) is 61.2 cm³/mol. The van der Waals surface area contributed by atoms with Crippen molar-refractivity contribution < 1.29 is 5.11 Å². The highest BCUT2D eigenvalue weighted by atomic mass is 32.2. The van der Waals surface area contributed by atoms with Crippen molar-refractivity contribution in [1.82, 2.24) is 19.3 Å². The molecule has 0 saturated carbocycles. The zero-order valence-electron chi connectivity index (χ0n) is 9.51. The molecule has 86 valence electrons. The molecule has 1 N–H and O–H groups in total. The first kappa shape index (κ1) is 11.2. The van der Waals surface area contributed by atoms with Crippen molar-refractivity contribution in [1.29, 1.82) is 0 Å². The Bertz CT molecular complexity index is 503. The van der Waals surface area contributed by atoms with Crippen molar-refractivity contribution in [2.75, 3.05) is 0 Å². The molecule has 0 amide bonds. The summed E-state index contributed by atoms with van der Waals surface area (Å²) in [5.41, 5.74) is 1.73. The molecule has 0 unspecified atom stereocenters. The number of hydrogen-bond donors (Lipinski definition) is 1. The topological polar surface area (TPSA) is 55.9 Å². The number of imidazole rings is 1. The molecule has 2 heterocycles. The molecule has 2 aromatic rings. The Balaban J connectivity index is 2.38. The second-order valence-corrected chi connectivity index (χ2v) is 4.53. The molecule has 0 aliphatic carbocycles. The first-order valence-corrected chi connectivity index (χ1v) is 5.73. The van der Waals surface area contributed by atoms with Gasteiger partial charge in [0.2, 0.25) is 0 Å². The highest BCUT2D eigenvalue weighted by Gasteiger charge is 2.15. The van der Waals surface area contributed by atoms with E-state index in [0.717, 1.165) is 21.4 Å². The molecule has 0 aliphatic heterocycles. The van der Waals surface area contributed by atoms with Crippen molar-refractivity contribution in [3.05, 3.63) is 23.7 Å². The fraction of sp³-hybridized carbons (Fsp3) is 0.400. The molecule has 0 fully saturated rings. The van der Waals surface area contributed by atoms with Gasteiger partial charge in [-0.05, 0) is 18.7 Å². The molecule has 0 aromatic carbocycles. The van der Waals surface area contributed by atoms with Gasteiger partial charge in [-0.2, -0.15) is 5.10 Å². The van der Waals surface area contributed by atoms with E-state index in [1.165, 1.54) is 11.8 Å². The van der Waals surface area contributed by atoms with Gasteiger partial charge < -0.3 is 9.67 Å². The summed E-state index contributed by atoms with van der Waals surface area (Å²) < 4.78 is 3.72. The van der Waals surface area contributed by atoms with Crippen LogP contribution >= 0.6 is 11.8 Å². The molecule has 0 saturated heterocycles. The first-order valence-electron chi connectivity index (χ1n) is 4.92. The summed E-state index contributed by atoms with van der Waals surface area (Å²) in [6.45, 7) is 1.90. The summed E-state index contributed by atoms with van der Waals surface area (Å²) in [4.78, 5) is 4.24. The molecule has 5 nitrogen and oxygen atoms in total. The molecular weight excluding hydrogens is 224 g/mol. The number of aryl methyl sites for hydroxylation is 3. The van der Waals surface area contributed by atoms with Gasteiger partial charge in [-0.1, -0.05) is 0 Å². The smallest absolute Gasteiger partial charge is 0.174 e. The largest absolute Gasteiger partial charge is 0.392 e. The Morgan fingerprint density at radius 2 is 2.19 bits per heavy atom. The average Bonchev–Trinajstić information content (AvgIpc) is 2.74. The van der Waals surface area contributed by atoms with E-state index in [0.29, 0.717) is 0 Å². The van der Waals surface area contributed by atoms with E-state index in [4.69, 9.17) is 0 Å². The van der Waals surface area contributed by atoms with Crippen LogP contribution in [0.1, 0.15) is 11.3 Å². The Hall–Kier alpha value is -1.27. The van der Waals surface area contributed by atoms with Gasteiger partial charge in [-0.15, -0.1) is 0 Å². The third-order valence-electron chi connectivity index (χ3n) is 2.41. The molecule has 0 aliphatic rings. The van der Waals surface area contributed by atoms with Gasteiger partial charge in [-0.25, -0.2) is 4.98 Å². The van der Waals surface area contributed by atoms with E-state index >= 15 is 0 Å². The molecular formula is C10H14N4OS. The van der Waals surface area contributed by atoms with Crippen molar-refractivity contribution >= 4 is 11.8 Å². The van der Waals surface area contributed by atoms with E-state index in [-0.39, 0.29) is 6.61 Å². The second-order valence-electron chi connectivity index (χ2n) is 3.57. The molecule has 0 radical (unpaired) electrons. The van der Waals surface area contributed by atoms with Crippen LogP contribution in [-0.2, 0) is 20.7 Å². The fourth-order valence-electron chi connectivity index (χ4n) is 1.53. The first-order chi connectivity index (χ1) is 7.63. The maximum atomic E-state index is 9.32. The van der Waals surface area contributed by atoms with E-state index in [1.807, 2.05) is 31.8 Å². The number of aromatic nitrogens is 4. The lowest BCUT2D eigenvalue weighted by molar-refractivity contribution is 0.277. The highest BCUT2D eigenvalue weighted by Crippen LogP contribution is 2.30. The molecule has 6 heteroatoms. The van der Waals surface area contributed by atoms with Crippen LogP contribution in [0.2, 0.25) is 0 Å². The number of hydrogen-bond acceptors (Lipinski definition) is 4. The Labute approximate surface area is 98.1 Å². The Kier molecular flexibility index (Phi) is 3.02. The number of aliphatic hydroxyl groups is 1. The lowest BCUT2D eigenvalue weighted by Gasteiger charge is -2.04. The maximum absolute atomic E-state index is 9.32. The monoisotopic (exact) mass is 238 g/mol. The molecule has 2 rings (SSSR count). The fourth-order valence-corrected chi connectivity index (χ4v) is 2.53. The van der Waals surface area contributed by atoms with Crippen LogP contribution in [0.25, 0.3) is 0 Å². The van der Waals surface area contributed by atoms with Crippen LogP contribution in [0.15, 0.2) is 22.6 Å². The van der Waals surface area contributed by atoms with Crippen LogP contribution in [0.3, 0.4) is 0 Å². The van der Waals surface area contributed by atoms with Gasteiger partial charge in [0.1, 0.15) is 5.03 Å². The lowest BCUT2D eigenvalue weighted by atomic mass is 10.3. The highest BCUT2D eigenvalue weighted by molar-refractivity contribution is 7.99. The van der Waals surface area contributed by atoms with E-state index in [1.54, 1.807) is 10.9 Å². The molecule has 2 aromatic heterocycles. The SMILES string of the molecule is Cc1nn(C)c(Sc2nccn2C)c1CO. The van der Waals surface area contributed by atoms with Crippen molar-refractivity contribution in [3.8, 4) is 0 Å². The zero-order valence-corrected chi connectivity index (χ0v) is 10.3. The summed E-state index contributed by atoms with van der Waals surface area (Å²) in [5, 5.41) is 15.4. The summed E-state index contributed by atoms with van der Waals surface area (Å²) in [6.07, 6.45) is 3.65. The van der Waals surface area contributed by atoms with Crippen molar-refractivity contribution in [2.45, 2.75) is 23.7 Å². The zero-order chi connectivity index (χ0) is 11.7. The Morgan fingerprint density at radius 1 is 1.44 bits per heavy atom. The molecule has 0 spiro atoms. The van der Waals surface area contributed by atoms with Gasteiger partial charge in [0, 0.05) is 32.1 Å². The quantitative estimate of drug-likeness (QED) is 0.870. The second kappa shape index (κ2) is 4.31. The van der Waals surface area contributed by atoms with Gasteiger partial charge in [-0.3, -0.25) is 4.68 Å². The standard InChI is InChI=1S/C10H14N4OS/c1-7-8(6-15)9(14(3)12-7)16-10-11-4-5-13(10)2/h4-5,15H,6H2,1-3H3. The van der Waals surface area contributed by atoms with Crippen LogP contribution in [0, 0.1) is 6.92 Å². The number of aliphatic hydroxyl groups excluding tert-OH is 1. The summed E-state index contributed by atoms with van der Waals surface area (Å²) in [5.74, 6) is 0. The third-order valence-corrected chi connectivity index (χ3v) is 3.69. The van der Waals surface area contributed by atoms with Crippen LogP contribution in [0.4, 0.5) is 0 Å².